The second kappa shape index (κ2) is 6.40. The minimum Gasteiger partial charge on any atom is -0.460 e. The van der Waals surface area contributed by atoms with Crippen LogP contribution in [0.1, 0.15) is 47.0 Å². The lowest BCUT2D eigenvalue weighted by molar-refractivity contribution is -0.155. The first kappa shape index (κ1) is 14.8. The molecule has 0 aliphatic rings. The molecule has 0 rings (SSSR count). The van der Waals surface area contributed by atoms with E-state index < -0.39 is 17.2 Å². The van der Waals surface area contributed by atoms with Gasteiger partial charge in [-0.25, -0.2) is 4.79 Å². The lowest BCUT2D eigenvalue weighted by Crippen LogP contribution is -2.27. The van der Waals surface area contributed by atoms with Gasteiger partial charge in [0.2, 0.25) is 5.78 Å². The molecule has 0 aromatic rings. The summed E-state index contributed by atoms with van der Waals surface area (Å²) in [6.07, 6.45) is 1.25. The van der Waals surface area contributed by atoms with E-state index in [0.29, 0.717) is 0 Å². The van der Waals surface area contributed by atoms with Gasteiger partial charge in [0.25, 0.3) is 0 Å². The van der Waals surface area contributed by atoms with Crippen molar-refractivity contribution in [2.24, 2.45) is 5.41 Å². The molecule has 0 radical (unpaired) electrons. The number of unbranched alkanes of at least 4 members (excludes halogenated alkanes) is 1. The standard InChI is InChI=1S/C12H20O4/c1-5-6-7-16-11(15)9(13)8-10(14)12(2,3)4/h5-8H2,1-4H3. The van der Waals surface area contributed by atoms with Crippen molar-refractivity contribution in [1.82, 2.24) is 0 Å². The van der Waals surface area contributed by atoms with E-state index in [1.54, 1.807) is 20.8 Å². The molecule has 0 aromatic carbocycles. The molecule has 0 bridgehead atoms. The molecule has 4 heteroatoms. The lowest BCUT2D eigenvalue weighted by Gasteiger charge is -2.15. The van der Waals surface area contributed by atoms with E-state index in [2.05, 4.69) is 0 Å². The van der Waals surface area contributed by atoms with Crippen LogP contribution in [0.25, 0.3) is 0 Å². The highest BCUT2D eigenvalue weighted by Crippen LogP contribution is 2.16. The summed E-state index contributed by atoms with van der Waals surface area (Å²) >= 11 is 0. The number of ketones is 2. The zero-order valence-corrected chi connectivity index (χ0v) is 10.5. The maximum atomic E-state index is 11.5. The number of carbonyl (C=O) groups excluding carboxylic acids is 3. The molecular formula is C12H20O4. The molecule has 0 atom stereocenters. The summed E-state index contributed by atoms with van der Waals surface area (Å²) in [5.74, 6) is -1.90. The van der Waals surface area contributed by atoms with Gasteiger partial charge in [-0.3, -0.25) is 9.59 Å². The summed E-state index contributed by atoms with van der Waals surface area (Å²) in [5, 5.41) is 0. The molecule has 4 nitrogen and oxygen atoms in total. The Kier molecular flexibility index (Phi) is 5.93. The van der Waals surface area contributed by atoms with Gasteiger partial charge in [-0.05, 0) is 6.42 Å². The molecule has 0 fully saturated rings. The highest BCUT2D eigenvalue weighted by atomic mass is 16.5. The summed E-state index contributed by atoms with van der Waals surface area (Å²) in [6.45, 7) is 7.34. The zero-order valence-electron chi connectivity index (χ0n) is 10.5. The molecule has 0 spiro atoms. The quantitative estimate of drug-likeness (QED) is 0.301. The van der Waals surface area contributed by atoms with Crippen molar-refractivity contribution in [2.75, 3.05) is 6.61 Å². The molecule has 0 aliphatic heterocycles. The lowest BCUT2D eigenvalue weighted by atomic mass is 9.88. The first-order valence-corrected chi connectivity index (χ1v) is 5.52. The van der Waals surface area contributed by atoms with Gasteiger partial charge >= 0.3 is 5.97 Å². The van der Waals surface area contributed by atoms with Crippen LogP contribution in [0.4, 0.5) is 0 Å². The second-order valence-electron chi connectivity index (χ2n) is 4.76. The number of Topliss-reactive ketones (excluding diaryl/α,β-unsaturated/α-hetero) is 2. The van der Waals surface area contributed by atoms with Crippen LogP contribution in [-0.4, -0.2) is 24.1 Å². The van der Waals surface area contributed by atoms with E-state index in [4.69, 9.17) is 4.74 Å². The van der Waals surface area contributed by atoms with Gasteiger partial charge in [0.05, 0.1) is 13.0 Å². The van der Waals surface area contributed by atoms with Gasteiger partial charge in [0.1, 0.15) is 5.78 Å². The normalized spacial score (nSPS) is 11.0. The molecule has 16 heavy (non-hydrogen) atoms. The van der Waals surface area contributed by atoms with Crippen molar-refractivity contribution in [3.05, 3.63) is 0 Å². The summed E-state index contributed by atoms with van der Waals surface area (Å²) < 4.78 is 4.72. The van der Waals surface area contributed by atoms with Crippen molar-refractivity contribution in [3.8, 4) is 0 Å². The smallest absolute Gasteiger partial charge is 0.375 e. The summed E-state index contributed by atoms with van der Waals surface area (Å²) in [5.41, 5.74) is -0.598. The number of hydrogen-bond acceptors (Lipinski definition) is 4. The SMILES string of the molecule is CCCCOC(=O)C(=O)CC(=O)C(C)(C)C. The molecule has 0 saturated heterocycles. The molecule has 0 saturated carbocycles. The van der Waals surface area contributed by atoms with Gasteiger partial charge < -0.3 is 4.74 Å². The fraction of sp³-hybridized carbons (Fsp3) is 0.750. The number of ether oxygens (including phenoxy) is 1. The zero-order chi connectivity index (χ0) is 12.8. The van der Waals surface area contributed by atoms with Crippen LogP contribution in [0.2, 0.25) is 0 Å². The third-order valence-electron chi connectivity index (χ3n) is 2.12. The predicted octanol–water partition coefficient (Wildman–Crippen LogP) is 1.90. The van der Waals surface area contributed by atoms with Crippen LogP contribution in [0.5, 0.6) is 0 Å². The van der Waals surface area contributed by atoms with Gasteiger partial charge in [-0.2, -0.15) is 0 Å². The molecule has 0 unspecified atom stereocenters. The van der Waals surface area contributed by atoms with Crippen molar-refractivity contribution >= 4 is 17.5 Å². The van der Waals surface area contributed by atoms with Crippen LogP contribution in [0, 0.1) is 5.41 Å². The fourth-order valence-electron chi connectivity index (χ4n) is 0.873. The third kappa shape index (κ3) is 5.63. The Morgan fingerprint density at radius 2 is 1.69 bits per heavy atom. The highest BCUT2D eigenvalue weighted by Gasteiger charge is 2.27. The van der Waals surface area contributed by atoms with E-state index in [1.807, 2.05) is 6.92 Å². The van der Waals surface area contributed by atoms with Crippen LogP contribution >= 0.6 is 0 Å². The third-order valence-corrected chi connectivity index (χ3v) is 2.12. The molecular weight excluding hydrogens is 208 g/mol. The van der Waals surface area contributed by atoms with Crippen molar-refractivity contribution in [1.29, 1.82) is 0 Å². The molecule has 0 aliphatic carbocycles. The van der Waals surface area contributed by atoms with E-state index in [-0.39, 0.29) is 18.8 Å². The molecule has 92 valence electrons. The van der Waals surface area contributed by atoms with Crippen LogP contribution in [-0.2, 0) is 19.1 Å². The van der Waals surface area contributed by atoms with Crippen molar-refractivity contribution < 1.29 is 19.1 Å². The second-order valence-corrected chi connectivity index (χ2v) is 4.76. The summed E-state index contributed by atoms with van der Waals surface area (Å²) in [7, 11) is 0. The first-order valence-electron chi connectivity index (χ1n) is 5.52. The van der Waals surface area contributed by atoms with Crippen molar-refractivity contribution in [2.45, 2.75) is 47.0 Å². The topological polar surface area (TPSA) is 60.4 Å². The van der Waals surface area contributed by atoms with Crippen LogP contribution in [0.15, 0.2) is 0 Å². The van der Waals surface area contributed by atoms with Gasteiger partial charge in [-0.1, -0.05) is 34.1 Å². The van der Waals surface area contributed by atoms with E-state index >= 15 is 0 Å². The van der Waals surface area contributed by atoms with Gasteiger partial charge in [0.15, 0.2) is 0 Å². The number of carbonyl (C=O) groups is 3. The number of rotatable bonds is 6. The Morgan fingerprint density at radius 3 is 2.12 bits per heavy atom. The van der Waals surface area contributed by atoms with E-state index in [9.17, 15) is 14.4 Å². The Balaban J connectivity index is 4.07. The van der Waals surface area contributed by atoms with Gasteiger partial charge in [-0.15, -0.1) is 0 Å². The summed E-state index contributed by atoms with van der Waals surface area (Å²) in [4.78, 5) is 33.9. The molecule has 0 N–H and O–H groups in total. The van der Waals surface area contributed by atoms with Crippen molar-refractivity contribution in [3.63, 3.8) is 0 Å². The van der Waals surface area contributed by atoms with Crippen LogP contribution in [0.3, 0.4) is 0 Å². The fourth-order valence-corrected chi connectivity index (χ4v) is 0.873. The first-order chi connectivity index (χ1) is 7.29. The number of hydrogen-bond donors (Lipinski definition) is 0. The number of esters is 1. The Morgan fingerprint density at radius 1 is 1.12 bits per heavy atom. The minimum absolute atomic E-state index is 0.241. The van der Waals surface area contributed by atoms with Crippen LogP contribution < -0.4 is 0 Å². The molecule has 0 amide bonds. The monoisotopic (exact) mass is 228 g/mol. The molecule has 0 aromatic heterocycles. The highest BCUT2D eigenvalue weighted by molar-refractivity contribution is 6.37. The Bertz CT molecular complexity index is 273. The summed E-state index contributed by atoms with van der Waals surface area (Å²) in [6, 6.07) is 0. The largest absolute Gasteiger partial charge is 0.460 e. The average molecular weight is 228 g/mol. The maximum absolute atomic E-state index is 11.5. The molecule has 0 heterocycles. The average Bonchev–Trinajstić information content (AvgIpc) is 2.16. The maximum Gasteiger partial charge on any atom is 0.375 e. The predicted molar refractivity (Wildman–Crippen MR) is 60.0 cm³/mol. The van der Waals surface area contributed by atoms with E-state index in [1.165, 1.54) is 0 Å². The van der Waals surface area contributed by atoms with Gasteiger partial charge in [0, 0.05) is 5.41 Å². The van der Waals surface area contributed by atoms with E-state index in [0.717, 1.165) is 12.8 Å². The Hall–Kier alpha value is -1.19. The minimum atomic E-state index is -0.897. The Labute approximate surface area is 96.4 Å².